The molecule has 2 heterocycles. The fraction of sp³-hybridized carbons (Fsp3) is 1.00. The Morgan fingerprint density at radius 1 is 1.64 bits per heavy atom. The fourth-order valence-corrected chi connectivity index (χ4v) is 2.59. The van der Waals surface area contributed by atoms with Crippen LogP contribution >= 0.6 is 0 Å². The van der Waals surface area contributed by atoms with E-state index in [4.69, 9.17) is 0 Å². The zero-order chi connectivity index (χ0) is 7.90. The molecule has 2 nitrogen and oxygen atoms in total. The Bertz CT molecular complexity index is 150. The lowest BCUT2D eigenvalue weighted by molar-refractivity contribution is -0.0166. The van der Waals surface area contributed by atoms with Gasteiger partial charge >= 0.3 is 0 Å². The lowest BCUT2D eigenvalue weighted by Gasteiger charge is -2.50. The molecule has 2 saturated heterocycles. The maximum atomic E-state index is 9.30. The molecule has 0 radical (unpaired) electrons. The van der Waals surface area contributed by atoms with Crippen molar-refractivity contribution < 1.29 is 5.11 Å². The molecule has 1 saturated carbocycles. The highest BCUT2D eigenvalue weighted by Crippen LogP contribution is 2.43. The number of aliphatic hydroxyl groups is 1. The summed E-state index contributed by atoms with van der Waals surface area (Å²) in [7, 11) is 0. The molecule has 3 aliphatic rings. The Kier molecular flexibility index (Phi) is 1.69. The van der Waals surface area contributed by atoms with Gasteiger partial charge in [-0.2, -0.15) is 0 Å². The van der Waals surface area contributed by atoms with Crippen LogP contribution in [-0.4, -0.2) is 24.3 Å². The molecule has 2 aliphatic heterocycles. The van der Waals surface area contributed by atoms with E-state index in [0.29, 0.717) is 12.5 Å². The molecular weight excluding hydrogens is 138 g/mol. The third-order valence-electron chi connectivity index (χ3n) is 3.73. The lowest BCUT2D eigenvalue weighted by Crippen LogP contribution is -2.57. The molecule has 3 atom stereocenters. The first-order chi connectivity index (χ1) is 5.27. The number of aliphatic hydroxyl groups excluding tert-OH is 1. The molecule has 2 heteroatoms. The minimum absolute atomic E-state index is 0.231. The molecule has 2 bridgehead atoms. The molecule has 2 N–H and O–H groups in total. The van der Waals surface area contributed by atoms with E-state index in [1.165, 1.54) is 19.3 Å². The second-order valence-corrected chi connectivity index (χ2v) is 4.27. The number of hydrogen-bond donors (Lipinski definition) is 2. The van der Waals surface area contributed by atoms with Gasteiger partial charge in [-0.05, 0) is 25.2 Å². The topological polar surface area (TPSA) is 32.3 Å². The first-order valence-electron chi connectivity index (χ1n) is 4.61. The minimum Gasteiger partial charge on any atom is -0.396 e. The first kappa shape index (κ1) is 7.56. The largest absolute Gasteiger partial charge is 0.396 e. The second-order valence-electron chi connectivity index (χ2n) is 4.27. The van der Waals surface area contributed by atoms with Crippen LogP contribution in [0.25, 0.3) is 0 Å². The SMILES string of the molecule is C[C@H]1C[C@@H]2CC[C@]1(CO)CN2. The van der Waals surface area contributed by atoms with Crippen LogP contribution in [0.1, 0.15) is 26.2 Å². The summed E-state index contributed by atoms with van der Waals surface area (Å²) in [5, 5.41) is 12.8. The van der Waals surface area contributed by atoms with Crippen LogP contribution in [0.5, 0.6) is 0 Å². The van der Waals surface area contributed by atoms with Crippen molar-refractivity contribution in [2.45, 2.75) is 32.2 Å². The van der Waals surface area contributed by atoms with Gasteiger partial charge in [-0.25, -0.2) is 0 Å². The van der Waals surface area contributed by atoms with Crippen molar-refractivity contribution in [3.63, 3.8) is 0 Å². The van der Waals surface area contributed by atoms with Crippen molar-refractivity contribution in [3.8, 4) is 0 Å². The van der Waals surface area contributed by atoms with E-state index in [0.717, 1.165) is 12.6 Å². The predicted octanol–water partition coefficient (Wildman–Crippen LogP) is 0.757. The monoisotopic (exact) mass is 155 g/mol. The van der Waals surface area contributed by atoms with Gasteiger partial charge in [0.15, 0.2) is 0 Å². The Balaban J connectivity index is 2.16. The molecule has 0 spiro atoms. The summed E-state index contributed by atoms with van der Waals surface area (Å²) in [4.78, 5) is 0. The highest BCUT2D eigenvalue weighted by atomic mass is 16.3. The molecule has 1 aliphatic carbocycles. The summed E-state index contributed by atoms with van der Waals surface area (Å²) >= 11 is 0. The molecule has 0 aromatic carbocycles. The zero-order valence-electron chi connectivity index (χ0n) is 7.14. The van der Waals surface area contributed by atoms with Gasteiger partial charge in [0, 0.05) is 18.0 Å². The van der Waals surface area contributed by atoms with Gasteiger partial charge in [0.2, 0.25) is 0 Å². The Morgan fingerprint density at radius 3 is 2.82 bits per heavy atom. The van der Waals surface area contributed by atoms with E-state index < -0.39 is 0 Å². The standard InChI is InChI=1S/C9H17NO/c1-7-4-8-2-3-9(7,6-11)5-10-8/h7-8,10-11H,2-6H2,1H3/t7-,8-,9+/m0/s1. The van der Waals surface area contributed by atoms with Gasteiger partial charge in [0.05, 0.1) is 6.61 Å². The molecule has 64 valence electrons. The van der Waals surface area contributed by atoms with Crippen LogP contribution in [0.3, 0.4) is 0 Å². The molecule has 3 fully saturated rings. The van der Waals surface area contributed by atoms with Crippen molar-refractivity contribution in [2.75, 3.05) is 13.2 Å². The van der Waals surface area contributed by atoms with E-state index >= 15 is 0 Å². The number of rotatable bonds is 1. The average Bonchev–Trinajstić information content (AvgIpc) is 2.07. The van der Waals surface area contributed by atoms with E-state index in [2.05, 4.69) is 12.2 Å². The maximum Gasteiger partial charge on any atom is 0.0502 e. The number of hydrogen-bond acceptors (Lipinski definition) is 2. The molecular formula is C9H17NO. The maximum absolute atomic E-state index is 9.30. The first-order valence-corrected chi connectivity index (χ1v) is 4.61. The summed E-state index contributed by atoms with van der Waals surface area (Å²) in [6.07, 6.45) is 3.76. The number of piperidine rings is 2. The summed E-state index contributed by atoms with van der Waals surface area (Å²) in [6.45, 7) is 3.69. The molecule has 0 unspecified atom stereocenters. The van der Waals surface area contributed by atoms with Gasteiger partial charge in [0.25, 0.3) is 0 Å². The Hall–Kier alpha value is -0.0800. The summed E-state index contributed by atoms with van der Waals surface area (Å²) in [6, 6.07) is 0.749. The van der Waals surface area contributed by atoms with Gasteiger partial charge in [-0.3, -0.25) is 0 Å². The number of nitrogens with one attached hydrogen (secondary N) is 1. The second kappa shape index (κ2) is 2.46. The average molecular weight is 155 g/mol. The fourth-order valence-electron chi connectivity index (χ4n) is 2.59. The molecule has 0 aromatic rings. The highest BCUT2D eigenvalue weighted by molar-refractivity contribution is 4.99. The van der Waals surface area contributed by atoms with Gasteiger partial charge in [-0.15, -0.1) is 0 Å². The van der Waals surface area contributed by atoms with Crippen LogP contribution in [0.2, 0.25) is 0 Å². The third kappa shape index (κ3) is 1.00. The van der Waals surface area contributed by atoms with E-state index in [9.17, 15) is 5.11 Å². The Morgan fingerprint density at radius 2 is 2.45 bits per heavy atom. The third-order valence-corrected chi connectivity index (χ3v) is 3.73. The summed E-state index contributed by atoms with van der Waals surface area (Å²) in [5.74, 6) is 0.715. The predicted molar refractivity (Wildman–Crippen MR) is 44.3 cm³/mol. The van der Waals surface area contributed by atoms with Gasteiger partial charge in [-0.1, -0.05) is 6.92 Å². The molecule has 11 heavy (non-hydrogen) atoms. The minimum atomic E-state index is 0.231. The van der Waals surface area contributed by atoms with Crippen molar-refractivity contribution in [1.82, 2.24) is 5.32 Å². The van der Waals surface area contributed by atoms with Gasteiger partial charge < -0.3 is 10.4 Å². The molecule has 3 rings (SSSR count). The van der Waals surface area contributed by atoms with Crippen LogP contribution in [0.15, 0.2) is 0 Å². The van der Waals surface area contributed by atoms with Crippen molar-refractivity contribution in [1.29, 1.82) is 0 Å². The Labute approximate surface area is 68.0 Å². The zero-order valence-corrected chi connectivity index (χ0v) is 7.14. The van der Waals surface area contributed by atoms with E-state index in [1.807, 2.05) is 0 Å². The molecule has 0 amide bonds. The summed E-state index contributed by atoms with van der Waals surface area (Å²) < 4.78 is 0. The normalized spacial score (nSPS) is 49.6. The van der Waals surface area contributed by atoms with Crippen LogP contribution in [0.4, 0.5) is 0 Å². The van der Waals surface area contributed by atoms with Gasteiger partial charge in [0.1, 0.15) is 0 Å². The highest BCUT2D eigenvalue weighted by Gasteiger charge is 2.44. The van der Waals surface area contributed by atoms with Crippen LogP contribution in [-0.2, 0) is 0 Å². The number of fused-ring (bicyclic) bond motifs is 3. The van der Waals surface area contributed by atoms with Crippen molar-refractivity contribution in [3.05, 3.63) is 0 Å². The lowest BCUT2D eigenvalue weighted by atomic mass is 9.63. The van der Waals surface area contributed by atoms with E-state index in [-0.39, 0.29) is 5.41 Å². The van der Waals surface area contributed by atoms with Crippen LogP contribution < -0.4 is 5.32 Å². The van der Waals surface area contributed by atoms with E-state index in [1.54, 1.807) is 0 Å². The summed E-state index contributed by atoms with van der Waals surface area (Å²) in [5.41, 5.74) is 0.231. The van der Waals surface area contributed by atoms with Crippen LogP contribution in [0, 0.1) is 11.3 Å². The van der Waals surface area contributed by atoms with Crippen molar-refractivity contribution in [2.24, 2.45) is 11.3 Å². The quantitative estimate of drug-likeness (QED) is 0.586. The smallest absolute Gasteiger partial charge is 0.0502 e. The van der Waals surface area contributed by atoms with Crippen molar-refractivity contribution >= 4 is 0 Å². The molecule has 0 aromatic heterocycles.